The van der Waals surface area contributed by atoms with E-state index in [9.17, 15) is 19.7 Å². The van der Waals surface area contributed by atoms with Gasteiger partial charge >= 0.3 is 0 Å². The van der Waals surface area contributed by atoms with Gasteiger partial charge in [0.25, 0.3) is 11.6 Å². The fourth-order valence-corrected chi connectivity index (χ4v) is 2.09. The summed E-state index contributed by atoms with van der Waals surface area (Å²) in [6.45, 7) is 1.56. The first kappa shape index (κ1) is 19.0. The number of hydrogen-bond donors (Lipinski definition) is 2. The molecule has 0 unspecified atom stereocenters. The van der Waals surface area contributed by atoms with E-state index < -0.39 is 16.7 Å². The molecule has 2 amide bonds. The summed E-state index contributed by atoms with van der Waals surface area (Å²) in [5, 5.41) is 17.2. The van der Waals surface area contributed by atoms with E-state index in [2.05, 4.69) is 20.8 Å². The number of hydrogen-bond acceptors (Lipinski definition) is 6. The Morgan fingerprint density at radius 3 is 2.73 bits per heavy atom. The van der Waals surface area contributed by atoms with Gasteiger partial charge in [0.1, 0.15) is 10.7 Å². The van der Waals surface area contributed by atoms with Crippen molar-refractivity contribution in [2.24, 2.45) is 5.10 Å². The van der Waals surface area contributed by atoms with Crippen LogP contribution in [0.3, 0.4) is 0 Å². The molecule has 2 N–H and O–H groups in total. The SMILES string of the molecule is CC(CC(=O)Nc1ccc(Cl)c([N+](=O)[O-])c1)=NNC(=O)c1ccccn1. The van der Waals surface area contributed by atoms with Crippen LogP contribution in [0.25, 0.3) is 0 Å². The predicted molar refractivity (Wildman–Crippen MR) is 96.2 cm³/mol. The largest absolute Gasteiger partial charge is 0.326 e. The predicted octanol–water partition coefficient (Wildman–Crippen LogP) is 2.78. The minimum absolute atomic E-state index is 0.0250. The number of nitrogens with one attached hydrogen (secondary N) is 2. The first-order valence-electron chi connectivity index (χ1n) is 7.35. The van der Waals surface area contributed by atoms with Gasteiger partial charge in [0.05, 0.1) is 11.3 Å². The second-order valence-corrected chi connectivity index (χ2v) is 5.56. The van der Waals surface area contributed by atoms with Crippen LogP contribution in [0.4, 0.5) is 11.4 Å². The summed E-state index contributed by atoms with van der Waals surface area (Å²) in [5.41, 5.74) is 2.76. The van der Waals surface area contributed by atoms with Crippen LogP contribution >= 0.6 is 11.6 Å². The van der Waals surface area contributed by atoms with E-state index in [0.717, 1.165) is 6.07 Å². The third kappa shape index (κ3) is 5.35. The summed E-state index contributed by atoms with van der Waals surface area (Å²) in [7, 11) is 0. The standard InChI is InChI=1S/C16H14ClN5O4/c1-10(20-21-16(24)13-4-2-3-7-18-13)8-15(23)19-11-5-6-12(17)14(9-11)22(25)26/h2-7,9H,8H2,1H3,(H,19,23)(H,21,24). The molecule has 0 fully saturated rings. The van der Waals surface area contributed by atoms with E-state index in [-0.39, 0.29) is 28.5 Å². The van der Waals surface area contributed by atoms with Crippen molar-refractivity contribution in [2.45, 2.75) is 13.3 Å². The molecule has 0 saturated carbocycles. The van der Waals surface area contributed by atoms with Crippen LogP contribution in [0.5, 0.6) is 0 Å². The summed E-state index contributed by atoms with van der Waals surface area (Å²) in [6.07, 6.45) is 1.36. The van der Waals surface area contributed by atoms with Gasteiger partial charge in [0.15, 0.2) is 0 Å². The zero-order valence-electron chi connectivity index (χ0n) is 13.6. The minimum atomic E-state index is -0.641. The number of aromatic nitrogens is 1. The highest BCUT2D eigenvalue weighted by Crippen LogP contribution is 2.27. The Balaban J connectivity index is 1.94. The molecule has 0 aliphatic rings. The first-order valence-corrected chi connectivity index (χ1v) is 7.73. The van der Waals surface area contributed by atoms with Crippen LogP contribution < -0.4 is 10.7 Å². The number of rotatable bonds is 6. The summed E-state index contributed by atoms with van der Waals surface area (Å²) in [6, 6.07) is 8.80. The molecule has 0 aliphatic carbocycles. The van der Waals surface area contributed by atoms with Crippen molar-refractivity contribution >= 4 is 40.5 Å². The number of nitro benzene ring substituents is 1. The normalized spacial score (nSPS) is 10.9. The van der Waals surface area contributed by atoms with Crippen LogP contribution in [0.2, 0.25) is 5.02 Å². The van der Waals surface area contributed by atoms with E-state index in [1.54, 1.807) is 19.1 Å². The van der Waals surface area contributed by atoms with Crippen molar-refractivity contribution in [3.05, 3.63) is 63.4 Å². The average Bonchev–Trinajstić information content (AvgIpc) is 2.61. The van der Waals surface area contributed by atoms with Crippen LogP contribution in [-0.4, -0.2) is 27.4 Å². The molecule has 0 saturated heterocycles. The number of carbonyl (C=O) groups is 2. The Kier molecular flexibility index (Phi) is 6.34. The molecule has 0 aliphatic heterocycles. The lowest BCUT2D eigenvalue weighted by Gasteiger charge is -2.06. The second-order valence-electron chi connectivity index (χ2n) is 5.15. The number of benzene rings is 1. The highest BCUT2D eigenvalue weighted by Gasteiger charge is 2.14. The molecule has 134 valence electrons. The smallest absolute Gasteiger partial charge is 0.289 e. The third-order valence-corrected chi connectivity index (χ3v) is 3.41. The fraction of sp³-hybridized carbons (Fsp3) is 0.125. The zero-order valence-corrected chi connectivity index (χ0v) is 14.4. The Labute approximate surface area is 153 Å². The molecule has 1 aromatic carbocycles. The molecule has 1 aromatic heterocycles. The molecule has 0 atom stereocenters. The van der Waals surface area contributed by atoms with Crippen molar-refractivity contribution in [2.75, 3.05) is 5.32 Å². The van der Waals surface area contributed by atoms with Gasteiger partial charge in [0, 0.05) is 23.7 Å². The number of carbonyl (C=O) groups excluding carboxylic acids is 2. The van der Waals surface area contributed by atoms with Crippen molar-refractivity contribution in [3.63, 3.8) is 0 Å². The summed E-state index contributed by atoms with van der Waals surface area (Å²) in [5.74, 6) is -0.950. The topological polar surface area (TPSA) is 127 Å². The van der Waals surface area contributed by atoms with Gasteiger partial charge in [0.2, 0.25) is 5.91 Å². The van der Waals surface area contributed by atoms with Crippen molar-refractivity contribution in [1.29, 1.82) is 0 Å². The highest BCUT2D eigenvalue weighted by molar-refractivity contribution is 6.32. The van der Waals surface area contributed by atoms with E-state index in [1.807, 2.05) is 0 Å². The molecule has 9 nitrogen and oxygen atoms in total. The number of pyridine rings is 1. The summed E-state index contributed by atoms with van der Waals surface area (Å²) < 4.78 is 0. The van der Waals surface area contributed by atoms with Crippen molar-refractivity contribution in [3.8, 4) is 0 Å². The van der Waals surface area contributed by atoms with Crippen molar-refractivity contribution < 1.29 is 14.5 Å². The minimum Gasteiger partial charge on any atom is -0.326 e. The molecule has 0 radical (unpaired) electrons. The van der Waals surface area contributed by atoms with E-state index in [4.69, 9.17) is 11.6 Å². The maximum Gasteiger partial charge on any atom is 0.289 e. The molecular weight excluding hydrogens is 362 g/mol. The van der Waals surface area contributed by atoms with Gasteiger partial charge in [-0.25, -0.2) is 5.43 Å². The van der Waals surface area contributed by atoms with Crippen LogP contribution in [0, 0.1) is 10.1 Å². The Bertz CT molecular complexity index is 870. The average molecular weight is 376 g/mol. The molecule has 26 heavy (non-hydrogen) atoms. The van der Waals surface area contributed by atoms with Crippen molar-refractivity contribution in [1.82, 2.24) is 10.4 Å². The molecule has 2 aromatic rings. The van der Waals surface area contributed by atoms with Gasteiger partial charge in [-0.3, -0.25) is 24.7 Å². The summed E-state index contributed by atoms with van der Waals surface area (Å²) >= 11 is 5.71. The Morgan fingerprint density at radius 1 is 1.31 bits per heavy atom. The number of halogens is 1. The van der Waals surface area contributed by atoms with Crippen LogP contribution in [-0.2, 0) is 4.79 Å². The Hall–Kier alpha value is -3.33. The molecule has 1 heterocycles. The first-order chi connectivity index (χ1) is 12.4. The number of nitro groups is 1. The number of nitrogens with zero attached hydrogens (tertiary/aromatic N) is 3. The lowest BCUT2D eigenvalue weighted by molar-refractivity contribution is -0.384. The van der Waals surface area contributed by atoms with Gasteiger partial charge in [-0.05, 0) is 31.2 Å². The fourth-order valence-electron chi connectivity index (χ4n) is 1.91. The molecule has 0 spiro atoms. The third-order valence-electron chi connectivity index (χ3n) is 3.09. The van der Waals surface area contributed by atoms with E-state index in [0.29, 0.717) is 5.71 Å². The summed E-state index contributed by atoms with van der Waals surface area (Å²) in [4.78, 5) is 37.9. The van der Waals surface area contributed by atoms with Gasteiger partial charge in [-0.15, -0.1) is 0 Å². The molecule has 2 rings (SSSR count). The van der Waals surface area contributed by atoms with E-state index in [1.165, 1.54) is 24.4 Å². The number of hydrazone groups is 1. The lowest BCUT2D eigenvalue weighted by atomic mass is 10.2. The molecular formula is C16H14ClN5O4. The van der Waals surface area contributed by atoms with Gasteiger partial charge in [-0.1, -0.05) is 17.7 Å². The highest BCUT2D eigenvalue weighted by atomic mass is 35.5. The maximum absolute atomic E-state index is 12.0. The lowest BCUT2D eigenvalue weighted by Crippen LogP contribution is -2.22. The Morgan fingerprint density at radius 2 is 2.08 bits per heavy atom. The van der Waals surface area contributed by atoms with Crippen LogP contribution in [0.15, 0.2) is 47.7 Å². The zero-order chi connectivity index (χ0) is 19.1. The van der Waals surface area contributed by atoms with Crippen LogP contribution in [0.1, 0.15) is 23.8 Å². The number of amides is 2. The quantitative estimate of drug-likeness (QED) is 0.456. The van der Waals surface area contributed by atoms with E-state index >= 15 is 0 Å². The van der Waals surface area contributed by atoms with Gasteiger partial charge < -0.3 is 5.32 Å². The number of anilines is 1. The maximum atomic E-state index is 12.0. The molecule has 10 heteroatoms. The molecule has 0 bridgehead atoms. The monoisotopic (exact) mass is 375 g/mol. The second kappa shape index (κ2) is 8.67. The van der Waals surface area contributed by atoms with Gasteiger partial charge in [-0.2, -0.15) is 5.10 Å².